The number of nitrogens with one attached hydrogen (secondary N) is 1. The predicted molar refractivity (Wildman–Crippen MR) is 85.6 cm³/mol. The first kappa shape index (κ1) is 15.9. The maximum Gasteiger partial charge on any atom is 0.285 e. The van der Waals surface area contributed by atoms with Crippen molar-refractivity contribution in [3.8, 4) is 0 Å². The number of hydrogen-bond donors (Lipinski definition) is 1. The lowest BCUT2D eigenvalue weighted by atomic mass is 10.1. The van der Waals surface area contributed by atoms with Crippen molar-refractivity contribution in [1.82, 2.24) is 19.3 Å². The summed E-state index contributed by atoms with van der Waals surface area (Å²) in [5.74, 6) is -0.220. The molecule has 1 fully saturated rings. The van der Waals surface area contributed by atoms with Crippen LogP contribution in [-0.4, -0.2) is 34.7 Å². The minimum Gasteiger partial charge on any atom is -0.266 e. The van der Waals surface area contributed by atoms with Gasteiger partial charge in [0.1, 0.15) is 0 Å². The number of sulfonamides is 1. The first-order chi connectivity index (χ1) is 10.7. The molecule has 7 nitrogen and oxygen atoms in total. The van der Waals surface area contributed by atoms with E-state index in [1.54, 1.807) is 0 Å². The minimum absolute atomic E-state index is 0.0346. The Morgan fingerprint density at radius 3 is 2.74 bits per heavy atom. The van der Waals surface area contributed by atoms with E-state index in [-0.39, 0.29) is 17.4 Å². The molecule has 2 aromatic heterocycles. The Balaban J connectivity index is 1.78. The van der Waals surface area contributed by atoms with Gasteiger partial charge in [-0.2, -0.15) is 5.10 Å². The van der Waals surface area contributed by atoms with Crippen LogP contribution in [0.3, 0.4) is 0 Å². The predicted octanol–water partition coefficient (Wildman–Crippen LogP) is 1.45. The maximum atomic E-state index is 12.2. The summed E-state index contributed by atoms with van der Waals surface area (Å²) in [5.41, 5.74) is 2.22. The molecule has 3 rings (SSSR count). The Hall–Kier alpha value is -1.96. The lowest BCUT2D eigenvalue weighted by Crippen LogP contribution is -2.35. The Morgan fingerprint density at radius 1 is 1.39 bits per heavy atom. The van der Waals surface area contributed by atoms with Crippen LogP contribution >= 0.6 is 0 Å². The topological polar surface area (TPSA) is 93.4 Å². The van der Waals surface area contributed by atoms with Gasteiger partial charge in [0.25, 0.3) is 5.91 Å². The number of carbonyl (C=O) groups excluding carboxylic acids is 1. The number of amides is 1. The van der Waals surface area contributed by atoms with Crippen molar-refractivity contribution >= 4 is 21.6 Å². The van der Waals surface area contributed by atoms with Gasteiger partial charge in [0.15, 0.2) is 11.3 Å². The fourth-order valence-electron chi connectivity index (χ4n) is 2.78. The third kappa shape index (κ3) is 3.52. The highest BCUT2D eigenvalue weighted by Gasteiger charge is 2.32. The summed E-state index contributed by atoms with van der Waals surface area (Å²) in [7, 11) is -3.66. The molecule has 124 valence electrons. The molecule has 8 heteroatoms. The molecule has 0 aromatic carbocycles. The number of carbonyl (C=O) groups is 1. The van der Waals surface area contributed by atoms with Crippen molar-refractivity contribution in [3.05, 3.63) is 29.2 Å². The average Bonchev–Trinajstić information content (AvgIpc) is 3.17. The van der Waals surface area contributed by atoms with Crippen LogP contribution in [0.4, 0.5) is 0 Å². The lowest BCUT2D eigenvalue weighted by molar-refractivity contribution is 0.0976. The van der Waals surface area contributed by atoms with E-state index in [1.165, 1.54) is 10.6 Å². The van der Waals surface area contributed by atoms with Gasteiger partial charge in [-0.15, -0.1) is 0 Å². The minimum atomic E-state index is -3.66. The van der Waals surface area contributed by atoms with E-state index in [1.807, 2.05) is 26.8 Å². The van der Waals surface area contributed by atoms with E-state index in [9.17, 15) is 13.2 Å². The first-order valence-electron chi connectivity index (χ1n) is 7.64. The van der Waals surface area contributed by atoms with Gasteiger partial charge >= 0.3 is 0 Å². The number of hydrogen-bond acceptors (Lipinski definition) is 5. The molecule has 1 aliphatic carbocycles. The van der Waals surface area contributed by atoms with Gasteiger partial charge in [0.05, 0.1) is 5.75 Å². The Bertz CT molecular complexity index is 868. The molecule has 1 atom stereocenters. The molecule has 0 radical (unpaired) electrons. The summed E-state index contributed by atoms with van der Waals surface area (Å²) < 4.78 is 27.9. The molecule has 1 N–H and O–H groups in total. The van der Waals surface area contributed by atoms with Crippen LogP contribution in [0, 0.1) is 25.7 Å². The van der Waals surface area contributed by atoms with E-state index < -0.39 is 15.9 Å². The highest BCUT2D eigenvalue weighted by molar-refractivity contribution is 7.90. The van der Waals surface area contributed by atoms with Crippen LogP contribution in [0.5, 0.6) is 0 Å². The molecule has 2 heterocycles. The first-order valence-corrected chi connectivity index (χ1v) is 9.29. The zero-order chi connectivity index (χ0) is 16.8. The van der Waals surface area contributed by atoms with Gasteiger partial charge in [0.2, 0.25) is 10.0 Å². The molecular weight excluding hydrogens is 316 g/mol. The van der Waals surface area contributed by atoms with Gasteiger partial charge in [-0.3, -0.25) is 4.79 Å². The summed E-state index contributed by atoms with van der Waals surface area (Å²) >= 11 is 0. The zero-order valence-electron chi connectivity index (χ0n) is 13.4. The molecule has 23 heavy (non-hydrogen) atoms. The summed E-state index contributed by atoms with van der Waals surface area (Å²) in [6.45, 7) is 5.61. The number of nitrogens with zero attached hydrogens (tertiary/aromatic N) is 3. The molecule has 0 spiro atoms. The number of fused-ring (bicyclic) bond motifs is 1. The van der Waals surface area contributed by atoms with Crippen molar-refractivity contribution in [2.75, 3.05) is 5.75 Å². The van der Waals surface area contributed by atoms with E-state index in [0.29, 0.717) is 11.6 Å². The summed E-state index contributed by atoms with van der Waals surface area (Å²) in [6, 6.07) is 3.34. The van der Waals surface area contributed by atoms with E-state index in [0.717, 1.165) is 24.2 Å². The van der Waals surface area contributed by atoms with Crippen molar-refractivity contribution in [2.45, 2.75) is 33.6 Å². The molecule has 0 saturated heterocycles. The van der Waals surface area contributed by atoms with Crippen molar-refractivity contribution in [3.63, 3.8) is 0 Å². The van der Waals surface area contributed by atoms with Crippen molar-refractivity contribution in [2.24, 2.45) is 11.8 Å². The van der Waals surface area contributed by atoms with Crippen molar-refractivity contribution < 1.29 is 13.2 Å². The van der Waals surface area contributed by atoms with Gasteiger partial charge in [-0.1, -0.05) is 6.92 Å². The summed E-state index contributed by atoms with van der Waals surface area (Å²) in [6.07, 6.45) is 2.14. The summed E-state index contributed by atoms with van der Waals surface area (Å²) in [4.78, 5) is 16.5. The standard InChI is InChI=1S/C15H20N4O3S/c1-9(12-4-5-12)8-23(21,22)18-15(20)13-7-14-16-10(2)6-11(3)19(14)17-13/h6-7,9,12H,4-5,8H2,1-3H3,(H,18,20). The molecular formula is C15H20N4O3S. The fraction of sp³-hybridized carbons (Fsp3) is 0.533. The van der Waals surface area contributed by atoms with Gasteiger partial charge in [-0.25, -0.2) is 22.6 Å². The zero-order valence-corrected chi connectivity index (χ0v) is 14.2. The number of aromatic nitrogens is 3. The van der Waals surface area contributed by atoms with Crippen molar-refractivity contribution in [1.29, 1.82) is 0 Å². The Labute approximate surface area is 135 Å². The SMILES string of the molecule is Cc1cc(C)n2nc(C(=O)NS(=O)(=O)CC(C)C3CC3)cc2n1. The molecule has 2 aromatic rings. The number of rotatable bonds is 5. The summed E-state index contributed by atoms with van der Waals surface area (Å²) in [5, 5.41) is 4.14. The fourth-order valence-corrected chi connectivity index (χ4v) is 4.22. The highest BCUT2D eigenvalue weighted by Crippen LogP contribution is 2.36. The molecule has 1 unspecified atom stereocenters. The third-order valence-corrected chi connectivity index (χ3v) is 5.58. The van der Waals surface area contributed by atoms with Crippen LogP contribution in [-0.2, 0) is 10.0 Å². The molecule has 1 saturated carbocycles. The van der Waals surface area contributed by atoms with Crippen LogP contribution in [0.1, 0.15) is 41.6 Å². The molecule has 0 aliphatic heterocycles. The van der Waals surface area contributed by atoms with Crippen LogP contribution < -0.4 is 4.72 Å². The van der Waals surface area contributed by atoms with Gasteiger partial charge < -0.3 is 0 Å². The molecule has 0 bridgehead atoms. The maximum absolute atomic E-state index is 12.2. The average molecular weight is 336 g/mol. The highest BCUT2D eigenvalue weighted by atomic mass is 32.2. The van der Waals surface area contributed by atoms with Crippen LogP contribution in [0.2, 0.25) is 0 Å². The second-order valence-electron chi connectivity index (χ2n) is 6.37. The largest absolute Gasteiger partial charge is 0.285 e. The third-order valence-electron chi connectivity index (χ3n) is 4.12. The monoisotopic (exact) mass is 336 g/mol. The second-order valence-corrected chi connectivity index (χ2v) is 8.13. The van der Waals surface area contributed by atoms with E-state index in [2.05, 4.69) is 14.8 Å². The Morgan fingerprint density at radius 2 is 2.09 bits per heavy atom. The van der Waals surface area contributed by atoms with Gasteiger partial charge in [-0.05, 0) is 44.6 Å². The molecule has 1 amide bonds. The van der Waals surface area contributed by atoms with Gasteiger partial charge in [0, 0.05) is 17.5 Å². The number of aryl methyl sites for hydroxylation is 2. The lowest BCUT2D eigenvalue weighted by Gasteiger charge is -2.10. The second kappa shape index (κ2) is 5.59. The van der Waals surface area contributed by atoms with E-state index in [4.69, 9.17) is 0 Å². The van der Waals surface area contributed by atoms with Crippen LogP contribution in [0.25, 0.3) is 5.65 Å². The van der Waals surface area contributed by atoms with Crippen LogP contribution in [0.15, 0.2) is 12.1 Å². The van der Waals surface area contributed by atoms with E-state index >= 15 is 0 Å². The Kier molecular flexibility index (Phi) is 3.87. The quantitative estimate of drug-likeness (QED) is 0.892. The normalized spacial score (nSPS) is 16.5. The smallest absolute Gasteiger partial charge is 0.266 e. The molecule has 1 aliphatic rings.